The van der Waals surface area contributed by atoms with E-state index in [9.17, 15) is 8.42 Å². The fourth-order valence-electron chi connectivity index (χ4n) is 5.57. The first-order valence-corrected chi connectivity index (χ1v) is 13.7. The van der Waals surface area contributed by atoms with E-state index in [0.29, 0.717) is 30.0 Å². The van der Waals surface area contributed by atoms with Crippen LogP contribution in [-0.4, -0.2) is 70.3 Å². The number of likely N-dealkylation sites (tertiary alicyclic amines) is 1. The molecule has 0 amide bonds. The van der Waals surface area contributed by atoms with Crippen molar-refractivity contribution >= 4 is 15.9 Å². The number of hydrogen-bond acceptors (Lipinski definition) is 5. The van der Waals surface area contributed by atoms with Crippen LogP contribution in [0.3, 0.4) is 0 Å². The van der Waals surface area contributed by atoms with Crippen molar-refractivity contribution in [1.29, 1.82) is 0 Å². The van der Waals surface area contributed by atoms with Gasteiger partial charge in [-0.15, -0.1) is 0 Å². The third-order valence-electron chi connectivity index (χ3n) is 7.28. The van der Waals surface area contributed by atoms with E-state index in [1.807, 2.05) is 0 Å². The van der Waals surface area contributed by atoms with Gasteiger partial charge in [0.05, 0.1) is 18.1 Å². The SMILES string of the molecule is CC/C(=C\c1ccccc1)[C@@H]1C[C@H]1NC1CC2(C1)CN(CCCS(=O)(=O)CCOC)C2. The van der Waals surface area contributed by atoms with E-state index in [1.165, 1.54) is 24.8 Å². The highest BCUT2D eigenvalue weighted by atomic mass is 32.2. The van der Waals surface area contributed by atoms with E-state index in [2.05, 4.69) is 53.5 Å². The van der Waals surface area contributed by atoms with Crippen LogP contribution in [0.15, 0.2) is 35.9 Å². The van der Waals surface area contributed by atoms with Gasteiger partial charge < -0.3 is 15.0 Å². The first-order valence-electron chi connectivity index (χ1n) is 11.9. The van der Waals surface area contributed by atoms with Crippen molar-refractivity contribution in [3.05, 3.63) is 41.5 Å². The van der Waals surface area contributed by atoms with E-state index in [-0.39, 0.29) is 11.5 Å². The summed E-state index contributed by atoms with van der Waals surface area (Å²) in [6.45, 7) is 5.76. The molecule has 2 aliphatic carbocycles. The molecule has 31 heavy (non-hydrogen) atoms. The maximum Gasteiger partial charge on any atom is 0.152 e. The molecule has 2 atom stereocenters. The first kappa shape index (κ1) is 23.0. The molecule has 3 aliphatic rings. The molecule has 5 nitrogen and oxygen atoms in total. The molecule has 1 aromatic carbocycles. The van der Waals surface area contributed by atoms with Crippen molar-refractivity contribution in [3.63, 3.8) is 0 Å². The lowest BCUT2D eigenvalue weighted by molar-refractivity contribution is -0.0785. The van der Waals surface area contributed by atoms with E-state index in [1.54, 1.807) is 12.7 Å². The molecule has 0 bridgehead atoms. The summed E-state index contributed by atoms with van der Waals surface area (Å²) in [5, 5.41) is 3.91. The summed E-state index contributed by atoms with van der Waals surface area (Å²) in [6.07, 6.45) is 8.09. The smallest absolute Gasteiger partial charge is 0.152 e. The average Bonchev–Trinajstić information content (AvgIpc) is 3.46. The van der Waals surface area contributed by atoms with Crippen molar-refractivity contribution in [2.75, 3.05) is 44.9 Å². The van der Waals surface area contributed by atoms with Crippen LogP contribution in [0.2, 0.25) is 0 Å². The summed E-state index contributed by atoms with van der Waals surface area (Å²) in [6, 6.07) is 12.0. The summed E-state index contributed by atoms with van der Waals surface area (Å²) in [5.74, 6) is 1.13. The van der Waals surface area contributed by atoms with Gasteiger partial charge in [0.25, 0.3) is 0 Å². The maximum atomic E-state index is 11.9. The van der Waals surface area contributed by atoms with Crippen LogP contribution in [-0.2, 0) is 14.6 Å². The van der Waals surface area contributed by atoms with E-state index in [0.717, 1.165) is 32.5 Å². The monoisotopic (exact) mass is 446 g/mol. The van der Waals surface area contributed by atoms with Gasteiger partial charge in [0.15, 0.2) is 9.84 Å². The van der Waals surface area contributed by atoms with Crippen molar-refractivity contribution in [2.24, 2.45) is 11.3 Å². The molecule has 4 rings (SSSR count). The molecular formula is C25H38N2O3S. The standard InChI is InChI=1S/C25H38N2O3S/c1-3-21(14-20-8-5-4-6-9-20)23-15-24(23)26-22-16-25(17-22)18-27(19-25)10-7-12-31(28,29)13-11-30-2/h4-6,8-9,14,22-24,26H,3,7,10-13,15-19H2,1-2H3/b21-14+/t23-,24+/m0/s1. The van der Waals surface area contributed by atoms with Gasteiger partial charge in [0.1, 0.15) is 0 Å². The molecule has 0 aromatic heterocycles. The molecule has 1 aromatic rings. The number of ether oxygens (including phenoxy) is 1. The highest BCUT2D eigenvalue weighted by Crippen LogP contribution is 2.50. The van der Waals surface area contributed by atoms with Crippen LogP contribution in [0.4, 0.5) is 0 Å². The van der Waals surface area contributed by atoms with Gasteiger partial charge in [0, 0.05) is 32.3 Å². The maximum absolute atomic E-state index is 11.9. The van der Waals surface area contributed by atoms with Gasteiger partial charge in [-0.25, -0.2) is 8.42 Å². The quantitative estimate of drug-likeness (QED) is 0.533. The molecule has 1 aliphatic heterocycles. The predicted molar refractivity (Wildman–Crippen MR) is 127 cm³/mol. The second-order valence-electron chi connectivity index (χ2n) is 9.91. The fourth-order valence-corrected chi connectivity index (χ4v) is 6.76. The zero-order chi connectivity index (χ0) is 21.9. The minimum atomic E-state index is -2.96. The predicted octanol–water partition coefficient (Wildman–Crippen LogP) is 3.37. The van der Waals surface area contributed by atoms with E-state index in [4.69, 9.17) is 4.74 Å². The van der Waals surface area contributed by atoms with E-state index >= 15 is 0 Å². The second-order valence-corrected chi connectivity index (χ2v) is 12.2. The Balaban J connectivity index is 1.12. The fraction of sp³-hybridized carbons (Fsp3) is 0.680. The number of sulfone groups is 1. The van der Waals surface area contributed by atoms with Crippen LogP contribution in [0.5, 0.6) is 0 Å². The van der Waals surface area contributed by atoms with Crippen LogP contribution < -0.4 is 5.32 Å². The van der Waals surface area contributed by atoms with Gasteiger partial charge in [0.2, 0.25) is 0 Å². The molecule has 0 radical (unpaired) electrons. The summed E-state index contributed by atoms with van der Waals surface area (Å²) >= 11 is 0. The van der Waals surface area contributed by atoms with Crippen LogP contribution in [0.25, 0.3) is 6.08 Å². The van der Waals surface area contributed by atoms with Gasteiger partial charge in [-0.1, -0.05) is 48.9 Å². The Labute approximate surface area is 188 Å². The molecule has 1 heterocycles. The Bertz CT molecular complexity index is 854. The first-order chi connectivity index (χ1) is 14.9. The van der Waals surface area contributed by atoms with Crippen molar-refractivity contribution < 1.29 is 13.2 Å². The Morgan fingerprint density at radius 2 is 1.97 bits per heavy atom. The molecule has 1 N–H and O–H groups in total. The third kappa shape index (κ3) is 5.98. The topological polar surface area (TPSA) is 58.6 Å². The minimum absolute atomic E-state index is 0.142. The van der Waals surface area contributed by atoms with Gasteiger partial charge >= 0.3 is 0 Å². The van der Waals surface area contributed by atoms with Crippen molar-refractivity contribution in [1.82, 2.24) is 10.2 Å². The number of methoxy groups -OCH3 is 1. The zero-order valence-electron chi connectivity index (χ0n) is 19.1. The van der Waals surface area contributed by atoms with Crippen LogP contribution >= 0.6 is 0 Å². The summed E-state index contributed by atoms with van der Waals surface area (Å²) in [7, 11) is -1.42. The van der Waals surface area contributed by atoms with Crippen molar-refractivity contribution in [2.45, 2.75) is 51.1 Å². The molecule has 2 saturated carbocycles. The number of nitrogens with one attached hydrogen (secondary N) is 1. The lowest BCUT2D eigenvalue weighted by Gasteiger charge is -2.59. The number of nitrogens with zero attached hydrogens (tertiary/aromatic N) is 1. The molecule has 1 spiro atoms. The lowest BCUT2D eigenvalue weighted by atomic mass is 9.60. The molecule has 0 unspecified atom stereocenters. The van der Waals surface area contributed by atoms with Gasteiger partial charge in [-0.2, -0.15) is 0 Å². The summed E-state index contributed by atoms with van der Waals surface area (Å²) in [5.41, 5.74) is 3.39. The molecular weight excluding hydrogens is 408 g/mol. The normalized spacial score (nSPS) is 25.9. The number of benzene rings is 1. The highest BCUT2D eigenvalue weighted by molar-refractivity contribution is 7.91. The Hall–Kier alpha value is -1.21. The lowest BCUT2D eigenvalue weighted by Crippen LogP contribution is -2.66. The Kier molecular flexibility index (Phi) is 7.21. The minimum Gasteiger partial charge on any atom is -0.384 e. The third-order valence-corrected chi connectivity index (χ3v) is 8.98. The number of hydrogen-bond donors (Lipinski definition) is 1. The molecule has 172 valence electrons. The van der Waals surface area contributed by atoms with Gasteiger partial charge in [-0.3, -0.25) is 0 Å². The van der Waals surface area contributed by atoms with Crippen LogP contribution in [0.1, 0.15) is 44.6 Å². The molecule has 3 fully saturated rings. The average molecular weight is 447 g/mol. The molecule has 6 heteroatoms. The highest BCUT2D eigenvalue weighted by Gasteiger charge is 2.53. The van der Waals surface area contributed by atoms with Gasteiger partial charge in [-0.05, 0) is 55.5 Å². The van der Waals surface area contributed by atoms with Crippen LogP contribution in [0, 0.1) is 11.3 Å². The Morgan fingerprint density at radius 1 is 1.23 bits per heavy atom. The second kappa shape index (κ2) is 9.74. The summed E-state index contributed by atoms with van der Waals surface area (Å²) < 4.78 is 28.7. The summed E-state index contributed by atoms with van der Waals surface area (Å²) in [4.78, 5) is 2.43. The Morgan fingerprint density at radius 3 is 2.65 bits per heavy atom. The van der Waals surface area contributed by atoms with Crippen molar-refractivity contribution in [3.8, 4) is 0 Å². The van der Waals surface area contributed by atoms with E-state index < -0.39 is 9.84 Å². The molecule has 1 saturated heterocycles. The largest absolute Gasteiger partial charge is 0.384 e. The zero-order valence-corrected chi connectivity index (χ0v) is 19.9. The number of rotatable bonds is 12.